The molecule has 94 valence electrons. The second-order valence-corrected chi connectivity index (χ2v) is 4.79. The van der Waals surface area contributed by atoms with Crippen LogP contribution in [0.4, 0.5) is 0 Å². The van der Waals surface area contributed by atoms with Gasteiger partial charge in [0.2, 0.25) is 0 Å². The molecule has 1 heterocycles. The van der Waals surface area contributed by atoms with E-state index < -0.39 is 22.9 Å². The van der Waals surface area contributed by atoms with Crippen LogP contribution >= 0.6 is 0 Å². The molecule has 2 rings (SSSR count). The lowest BCUT2D eigenvalue weighted by molar-refractivity contribution is -0.133. The fraction of sp³-hybridized carbons (Fsp3) is 0.364. The highest BCUT2D eigenvalue weighted by Crippen LogP contribution is 2.35. The van der Waals surface area contributed by atoms with Gasteiger partial charge in [0, 0.05) is 11.0 Å². The van der Waals surface area contributed by atoms with Crippen LogP contribution in [0.3, 0.4) is 0 Å². The average Bonchev–Trinajstić information content (AvgIpc) is 2.63. The number of Topliss-reactive ketones (excluding diaryl/α,β-unsaturated/α-hetero) is 1. The number of aliphatic hydroxyl groups excluding tert-OH is 1. The van der Waals surface area contributed by atoms with Crippen molar-refractivity contribution in [1.82, 2.24) is 5.32 Å². The van der Waals surface area contributed by atoms with Crippen LogP contribution in [-0.4, -0.2) is 59.4 Å². The monoisotopic (exact) mass is 263 g/mol. The molecule has 0 bridgehead atoms. The summed E-state index contributed by atoms with van der Waals surface area (Å²) in [6.45, 7) is -0.00155. The molecule has 5 nitrogen and oxygen atoms in total. The molecular weight excluding hydrogens is 253 g/mol. The van der Waals surface area contributed by atoms with Crippen LogP contribution in [0.5, 0.6) is 11.5 Å². The Balaban J connectivity index is 2.24. The van der Waals surface area contributed by atoms with E-state index in [4.69, 9.17) is 40.9 Å². The van der Waals surface area contributed by atoms with E-state index in [1.165, 1.54) is 25.1 Å². The van der Waals surface area contributed by atoms with Crippen molar-refractivity contribution in [1.29, 1.82) is 0 Å². The van der Waals surface area contributed by atoms with Crippen molar-refractivity contribution < 1.29 is 19.4 Å². The molecule has 1 unspecified atom stereocenters. The first-order valence-electron chi connectivity index (χ1n) is 5.73. The summed E-state index contributed by atoms with van der Waals surface area (Å²) in [5, 5.41) is 9.79. The second-order valence-electron chi connectivity index (χ2n) is 4.79. The zero-order valence-electron chi connectivity index (χ0n) is 10.8. The van der Waals surface area contributed by atoms with E-state index >= 15 is 0 Å². The Morgan fingerprint density at radius 3 is 2.45 bits per heavy atom. The van der Waals surface area contributed by atoms with Crippen molar-refractivity contribution in [3.63, 3.8) is 0 Å². The molecule has 0 amide bonds. The summed E-state index contributed by atoms with van der Waals surface area (Å²) in [4.78, 5) is 12.3. The highest BCUT2D eigenvalue weighted by molar-refractivity contribution is 6.59. The van der Waals surface area contributed by atoms with Gasteiger partial charge >= 0.3 is 6.48 Å². The normalized spacial score (nSPS) is 20.4. The first-order chi connectivity index (χ1) is 9.08. The number of hydrogen-bond acceptors (Lipinski definition) is 5. The molecule has 0 saturated carbocycles. The van der Waals surface area contributed by atoms with E-state index in [1.807, 2.05) is 0 Å². The molecule has 2 N–H and O–H groups in total. The molecule has 1 aliphatic rings. The number of fused-ring (bicyclic) bond motifs is 1. The van der Waals surface area contributed by atoms with Crippen molar-refractivity contribution in [2.45, 2.75) is 24.1 Å². The van der Waals surface area contributed by atoms with Gasteiger partial charge in [0.05, 0.1) is 23.5 Å². The van der Waals surface area contributed by atoms with Crippen LogP contribution in [-0.2, 0) is 0 Å². The van der Waals surface area contributed by atoms with Crippen LogP contribution in [0.15, 0.2) is 18.2 Å². The number of carbonyl (C=O) groups is 1. The van der Waals surface area contributed by atoms with Crippen LogP contribution in [0.25, 0.3) is 0 Å². The minimum atomic E-state index is -1.80. The van der Waals surface area contributed by atoms with Gasteiger partial charge in [-0.1, -0.05) is 5.24 Å². The van der Waals surface area contributed by atoms with Gasteiger partial charge in [-0.25, -0.2) is 0 Å². The summed E-state index contributed by atoms with van der Waals surface area (Å²) >= 11 is 0. The molecule has 1 aliphatic heterocycles. The Kier molecular flexibility index (Phi) is 3.69. The molecule has 0 spiro atoms. The third kappa shape index (κ3) is 3.22. The highest BCUT2D eigenvalue weighted by atomic mass is 16.8. The summed E-state index contributed by atoms with van der Waals surface area (Å²) in [6.07, 6.45) is 0. The van der Waals surface area contributed by atoms with Crippen LogP contribution in [0.2, 0.25) is 0 Å². The first kappa shape index (κ1) is 15.1. The van der Waals surface area contributed by atoms with Gasteiger partial charge in [-0.2, -0.15) is 0 Å². The fourth-order valence-corrected chi connectivity index (χ4v) is 1.89. The lowest BCUT2D eigenvalue weighted by atomic mass is 9.48. The minimum absolute atomic E-state index is 0.225. The number of benzene rings is 1. The van der Waals surface area contributed by atoms with Gasteiger partial charge in [-0.3, -0.25) is 4.79 Å². The molecule has 20 heavy (non-hydrogen) atoms. The lowest BCUT2D eigenvalue weighted by Gasteiger charge is -2.35. The predicted octanol–water partition coefficient (Wildman–Crippen LogP) is -1.49. The zero-order chi connectivity index (χ0) is 15.1. The van der Waals surface area contributed by atoms with Gasteiger partial charge < -0.3 is 19.9 Å². The number of ether oxygens (including phenoxy) is 2. The fourth-order valence-electron chi connectivity index (χ4n) is 1.89. The maximum absolute atomic E-state index is 12.3. The van der Waals surface area contributed by atoms with E-state index in [0.717, 1.165) is 0 Å². The summed E-state index contributed by atoms with van der Waals surface area (Å²) in [6, 6.07) is 4.35. The van der Waals surface area contributed by atoms with Crippen molar-refractivity contribution in [3.8, 4) is 11.5 Å². The van der Waals surface area contributed by atoms with Crippen LogP contribution in [0.1, 0.15) is 17.3 Å². The van der Waals surface area contributed by atoms with Gasteiger partial charge in [0.15, 0.2) is 17.3 Å². The Morgan fingerprint density at radius 1 is 1.25 bits per heavy atom. The third-order valence-corrected chi connectivity index (χ3v) is 2.61. The molecule has 9 heteroatoms. The molecule has 2 atom stereocenters. The maximum Gasteiger partial charge on any atom is 0.358 e. The first-order valence-corrected chi connectivity index (χ1v) is 5.73. The molecule has 1 aromatic carbocycles. The topological polar surface area (TPSA) is 67.8 Å². The number of nitrogens with one attached hydrogen (secondary N) is 1. The minimum Gasteiger partial charge on any atom is -0.428 e. The highest BCUT2D eigenvalue weighted by Gasteiger charge is 2.32. The van der Waals surface area contributed by atoms with E-state index in [9.17, 15) is 9.90 Å². The summed E-state index contributed by atoms with van der Waals surface area (Å²) < 4.78 is 9.88. The molecule has 1 aromatic rings. The van der Waals surface area contributed by atoms with Gasteiger partial charge in [0.25, 0.3) is 0 Å². The summed E-state index contributed by atoms with van der Waals surface area (Å²) in [5.41, 5.74) is -1.35. The smallest absolute Gasteiger partial charge is 0.358 e. The number of carbonyl (C=O) groups excluding carboxylic acids is 1. The zero-order valence-corrected chi connectivity index (χ0v) is 10.8. The van der Waals surface area contributed by atoms with E-state index in [0.29, 0.717) is 5.75 Å². The van der Waals surface area contributed by atoms with Crippen molar-refractivity contribution in [3.05, 3.63) is 23.8 Å². The van der Waals surface area contributed by atoms with Gasteiger partial charge in [-0.05, 0) is 25.1 Å². The Hall–Kier alpha value is -1.33. The third-order valence-electron chi connectivity index (χ3n) is 2.61. The SMILES string of the molecule is [B]C([B])([B])N[C@@]([B])(C)C(=O)c1ccc2c(c1)OC(O)O2. The van der Waals surface area contributed by atoms with Crippen LogP contribution < -0.4 is 14.8 Å². The lowest BCUT2D eigenvalue weighted by Crippen LogP contribution is -2.62. The predicted molar refractivity (Wildman–Crippen MR) is 75.3 cm³/mol. The molecule has 0 saturated heterocycles. The maximum atomic E-state index is 12.3. The Bertz CT molecular complexity index is 544. The van der Waals surface area contributed by atoms with Crippen molar-refractivity contribution in [2.75, 3.05) is 0 Å². The van der Waals surface area contributed by atoms with E-state index in [-0.39, 0.29) is 11.3 Å². The summed E-state index contributed by atoms with van der Waals surface area (Å²) in [5.74, 6) is 0.0567. The van der Waals surface area contributed by atoms with Gasteiger partial charge in [-0.15, -0.1) is 0 Å². The largest absolute Gasteiger partial charge is 0.428 e. The van der Waals surface area contributed by atoms with E-state index in [2.05, 4.69) is 5.32 Å². The Labute approximate surface area is 122 Å². The van der Waals surface area contributed by atoms with Crippen molar-refractivity contribution >= 4 is 37.2 Å². The van der Waals surface area contributed by atoms with Crippen LogP contribution in [0, 0.1) is 0 Å². The average molecular weight is 262 g/mol. The number of aliphatic hydroxyl groups is 1. The molecule has 0 fully saturated rings. The second kappa shape index (κ2) is 4.90. The molecular formula is C11H9B4NO4. The number of ketones is 1. The van der Waals surface area contributed by atoms with E-state index in [1.54, 1.807) is 0 Å². The Morgan fingerprint density at radius 2 is 1.85 bits per heavy atom. The molecule has 8 radical (unpaired) electrons. The standard InChI is InChI=1S/C11H9B4NO4/c1-10(12,16-11(13,14)15)8(17)5-2-3-6-7(4-5)20-9(18)19-6/h2-4,9,16,18H,1H3/t9?,10-/m0/s1. The molecule has 0 aromatic heterocycles. The summed E-state index contributed by atoms with van der Waals surface area (Å²) in [7, 11) is 22.0. The molecule has 0 aliphatic carbocycles. The van der Waals surface area contributed by atoms with Gasteiger partial charge in [0.1, 0.15) is 7.85 Å². The number of rotatable bonds is 4. The quantitative estimate of drug-likeness (QED) is 0.511. The number of hydrogen-bond donors (Lipinski definition) is 2. The van der Waals surface area contributed by atoms with Crippen molar-refractivity contribution in [2.24, 2.45) is 0 Å².